The van der Waals surface area contributed by atoms with Gasteiger partial charge in [-0.25, -0.2) is 0 Å². The molecule has 1 aliphatic carbocycles. The predicted octanol–water partition coefficient (Wildman–Crippen LogP) is 1.03. The smallest absolute Gasteiger partial charge is 0.0797 e. The van der Waals surface area contributed by atoms with Crippen LogP contribution < -0.4 is 5.73 Å². The van der Waals surface area contributed by atoms with E-state index in [-0.39, 0.29) is 6.04 Å². The SMILES string of the molecule is CCC[C@]1(O)CCC[C@@H]1N. The molecule has 0 radical (unpaired) electrons. The van der Waals surface area contributed by atoms with Gasteiger partial charge in [0.15, 0.2) is 0 Å². The number of hydrogen-bond acceptors (Lipinski definition) is 2. The third-order valence-corrected chi connectivity index (χ3v) is 2.50. The van der Waals surface area contributed by atoms with E-state index in [0.29, 0.717) is 0 Å². The first-order valence-electron chi connectivity index (χ1n) is 4.17. The van der Waals surface area contributed by atoms with Gasteiger partial charge in [-0.1, -0.05) is 13.3 Å². The molecule has 0 heterocycles. The molecule has 2 nitrogen and oxygen atoms in total. The summed E-state index contributed by atoms with van der Waals surface area (Å²) >= 11 is 0. The lowest BCUT2D eigenvalue weighted by Gasteiger charge is -2.26. The Balaban J connectivity index is 2.48. The van der Waals surface area contributed by atoms with Gasteiger partial charge in [-0.3, -0.25) is 0 Å². The van der Waals surface area contributed by atoms with E-state index in [1.807, 2.05) is 0 Å². The van der Waals surface area contributed by atoms with E-state index in [4.69, 9.17) is 5.73 Å². The molecule has 0 unspecified atom stereocenters. The van der Waals surface area contributed by atoms with Gasteiger partial charge in [-0.2, -0.15) is 0 Å². The van der Waals surface area contributed by atoms with Crippen LogP contribution in [0.3, 0.4) is 0 Å². The molecule has 0 aliphatic heterocycles. The van der Waals surface area contributed by atoms with Crippen LogP contribution in [0.5, 0.6) is 0 Å². The Morgan fingerprint density at radius 1 is 1.70 bits per heavy atom. The zero-order chi connectivity index (χ0) is 7.61. The second-order valence-corrected chi connectivity index (χ2v) is 3.35. The zero-order valence-corrected chi connectivity index (χ0v) is 6.64. The Hall–Kier alpha value is -0.0800. The van der Waals surface area contributed by atoms with Crippen LogP contribution >= 0.6 is 0 Å². The average Bonchev–Trinajstić information content (AvgIpc) is 2.15. The van der Waals surface area contributed by atoms with Gasteiger partial charge in [0.1, 0.15) is 0 Å². The summed E-state index contributed by atoms with van der Waals surface area (Å²) in [5.41, 5.74) is 5.23. The minimum absolute atomic E-state index is 0.0347. The number of hydrogen-bond donors (Lipinski definition) is 2. The van der Waals surface area contributed by atoms with Crippen molar-refractivity contribution in [2.24, 2.45) is 5.73 Å². The lowest BCUT2D eigenvalue weighted by Crippen LogP contribution is -2.43. The van der Waals surface area contributed by atoms with Gasteiger partial charge in [-0.15, -0.1) is 0 Å². The highest BCUT2D eigenvalue weighted by Gasteiger charge is 2.37. The highest BCUT2D eigenvalue weighted by Crippen LogP contribution is 2.32. The van der Waals surface area contributed by atoms with Crippen LogP contribution in [0.2, 0.25) is 0 Å². The van der Waals surface area contributed by atoms with E-state index in [0.717, 1.165) is 32.1 Å². The first kappa shape index (κ1) is 8.02. The van der Waals surface area contributed by atoms with Crippen molar-refractivity contribution in [3.05, 3.63) is 0 Å². The lowest BCUT2D eigenvalue weighted by atomic mass is 9.93. The zero-order valence-electron chi connectivity index (χ0n) is 6.64. The predicted molar refractivity (Wildman–Crippen MR) is 41.7 cm³/mol. The molecule has 0 saturated heterocycles. The summed E-state index contributed by atoms with van der Waals surface area (Å²) in [7, 11) is 0. The Kier molecular flexibility index (Phi) is 2.32. The van der Waals surface area contributed by atoms with Crippen molar-refractivity contribution in [2.75, 3.05) is 0 Å². The first-order valence-corrected chi connectivity index (χ1v) is 4.17. The van der Waals surface area contributed by atoms with E-state index in [2.05, 4.69) is 6.92 Å². The molecule has 2 atom stereocenters. The minimum Gasteiger partial charge on any atom is -0.388 e. The summed E-state index contributed by atoms with van der Waals surface area (Å²) in [6.45, 7) is 2.09. The van der Waals surface area contributed by atoms with E-state index < -0.39 is 5.60 Å². The van der Waals surface area contributed by atoms with Crippen LogP contribution in [0.15, 0.2) is 0 Å². The van der Waals surface area contributed by atoms with E-state index in [9.17, 15) is 5.11 Å². The fourth-order valence-electron chi connectivity index (χ4n) is 1.83. The molecule has 60 valence electrons. The third-order valence-electron chi connectivity index (χ3n) is 2.50. The van der Waals surface area contributed by atoms with Crippen molar-refractivity contribution in [2.45, 2.75) is 50.7 Å². The van der Waals surface area contributed by atoms with Crippen LogP contribution in [0.25, 0.3) is 0 Å². The van der Waals surface area contributed by atoms with Gasteiger partial charge < -0.3 is 10.8 Å². The van der Waals surface area contributed by atoms with Crippen molar-refractivity contribution in [3.8, 4) is 0 Å². The molecule has 1 fully saturated rings. The number of nitrogens with two attached hydrogens (primary N) is 1. The van der Waals surface area contributed by atoms with Gasteiger partial charge in [0.05, 0.1) is 5.60 Å². The molecule has 0 aromatic heterocycles. The number of aliphatic hydroxyl groups is 1. The highest BCUT2D eigenvalue weighted by molar-refractivity contribution is 4.94. The summed E-state index contributed by atoms with van der Waals surface area (Å²) in [4.78, 5) is 0. The van der Waals surface area contributed by atoms with E-state index in [1.54, 1.807) is 0 Å². The molecule has 2 heteroatoms. The van der Waals surface area contributed by atoms with Gasteiger partial charge >= 0.3 is 0 Å². The van der Waals surface area contributed by atoms with Crippen molar-refractivity contribution in [3.63, 3.8) is 0 Å². The molecule has 1 aliphatic rings. The second-order valence-electron chi connectivity index (χ2n) is 3.35. The molecule has 1 rings (SSSR count). The Morgan fingerprint density at radius 3 is 2.80 bits per heavy atom. The van der Waals surface area contributed by atoms with E-state index >= 15 is 0 Å². The summed E-state index contributed by atoms with van der Waals surface area (Å²) in [5.74, 6) is 0. The van der Waals surface area contributed by atoms with Crippen LogP contribution in [0.4, 0.5) is 0 Å². The van der Waals surface area contributed by atoms with E-state index in [1.165, 1.54) is 0 Å². The summed E-state index contributed by atoms with van der Waals surface area (Å²) in [6, 6.07) is 0.0347. The molecule has 0 aromatic rings. The molecular weight excluding hydrogens is 126 g/mol. The van der Waals surface area contributed by atoms with Gasteiger partial charge in [0.2, 0.25) is 0 Å². The topological polar surface area (TPSA) is 46.2 Å². The molecule has 0 spiro atoms. The molecule has 0 bridgehead atoms. The average molecular weight is 143 g/mol. The van der Waals surface area contributed by atoms with Crippen LogP contribution in [0, 0.1) is 0 Å². The van der Waals surface area contributed by atoms with Crippen molar-refractivity contribution in [1.29, 1.82) is 0 Å². The van der Waals surface area contributed by atoms with Crippen molar-refractivity contribution < 1.29 is 5.11 Å². The largest absolute Gasteiger partial charge is 0.388 e. The van der Waals surface area contributed by atoms with Crippen LogP contribution in [-0.2, 0) is 0 Å². The Bertz CT molecular complexity index is 116. The van der Waals surface area contributed by atoms with Gasteiger partial charge in [-0.05, 0) is 25.7 Å². The quantitative estimate of drug-likeness (QED) is 0.606. The fourth-order valence-corrected chi connectivity index (χ4v) is 1.83. The molecule has 0 aromatic carbocycles. The second kappa shape index (κ2) is 2.89. The highest BCUT2D eigenvalue weighted by atomic mass is 16.3. The van der Waals surface area contributed by atoms with Gasteiger partial charge in [0.25, 0.3) is 0 Å². The number of rotatable bonds is 2. The molecule has 0 amide bonds. The lowest BCUT2D eigenvalue weighted by molar-refractivity contribution is 0.0228. The normalized spacial score (nSPS) is 40.5. The molecule has 3 N–H and O–H groups in total. The summed E-state index contributed by atoms with van der Waals surface area (Å²) < 4.78 is 0. The third kappa shape index (κ3) is 1.32. The Labute approximate surface area is 62.4 Å². The maximum Gasteiger partial charge on any atom is 0.0797 e. The maximum absolute atomic E-state index is 9.83. The molecular formula is C8H17NO. The first-order chi connectivity index (χ1) is 4.69. The Morgan fingerprint density at radius 2 is 2.40 bits per heavy atom. The standard InChI is InChI=1S/C8H17NO/c1-2-5-8(10)6-3-4-7(8)9/h7,10H,2-6,9H2,1H3/t7-,8-/m0/s1. The molecule has 10 heavy (non-hydrogen) atoms. The van der Waals surface area contributed by atoms with Crippen LogP contribution in [0.1, 0.15) is 39.0 Å². The molecule has 1 saturated carbocycles. The maximum atomic E-state index is 9.83. The minimum atomic E-state index is -0.519. The summed E-state index contributed by atoms with van der Waals surface area (Å²) in [5, 5.41) is 9.83. The van der Waals surface area contributed by atoms with Gasteiger partial charge in [0, 0.05) is 6.04 Å². The monoisotopic (exact) mass is 143 g/mol. The summed E-state index contributed by atoms with van der Waals surface area (Å²) in [6.07, 6.45) is 4.90. The van der Waals surface area contributed by atoms with Crippen molar-refractivity contribution in [1.82, 2.24) is 0 Å². The fraction of sp³-hybridized carbons (Fsp3) is 1.00. The van der Waals surface area contributed by atoms with Crippen molar-refractivity contribution >= 4 is 0 Å². The van der Waals surface area contributed by atoms with Crippen LogP contribution in [-0.4, -0.2) is 16.7 Å².